The number of pyridine rings is 1. The number of hydrogen-bond acceptors (Lipinski definition) is 14. The van der Waals surface area contributed by atoms with Gasteiger partial charge in [-0.15, -0.1) is 10.2 Å². The molecule has 1 fully saturated rings. The van der Waals surface area contributed by atoms with Crippen molar-refractivity contribution in [3.63, 3.8) is 0 Å². The molecule has 2 aromatic heterocycles. The normalized spacial score (nSPS) is 14.4. The second-order valence-corrected chi connectivity index (χ2v) is 19.8. The molecule has 65 heavy (non-hydrogen) atoms. The zero-order chi connectivity index (χ0) is 46.5. The van der Waals surface area contributed by atoms with Gasteiger partial charge in [-0.05, 0) is 109 Å². The second-order valence-electron chi connectivity index (χ2n) is 16.3. The molecule has 3 heterocycles. The number of tetrazole rings is 1. The number of nitrogens with zero attached hydrogens (tertiary/aromatic N) is 7. The van der Waals surface area contributed by atoms with Gasteiger partial charge in [0.15, 0.2) is 0 Å². The summed E-state index contributed by atoms with van der Waals surface area (Å²) in [5.74, 6) is 1.80. The third-order valence-corrected chi connectivity index (χ3v) is 14.0. The maximum Gasteiger partial charge on any atom is 0.410 e. The monoisotopic (exact) mass is 925 g/mol. The van der Waals surface area contributed by atoms with Crippen LogP contribution in [0.1, 0.15) is 43.9 Å². The van der Waals surface area contributed by atoms with E-state index in [0.717, 1.165) is 5.56 Å². The Kier molecular flexibility index (Phi) is 13.7. The van der Waals surface area contributed by atoms with Crippen LogP contribution in [-0.4, -0.2) is 103 Å². The van der Waals surface area contributed by atoms with Gasteiger partial charge in [-0.2, -0.15) is 9.10 Å². The number of ether oxygens (including phenoxy) is 4. The first-order valence-electron chi connectivity index (χ1n) is 20.5. The predicted octanol–water partition coefficient (Wildman–Crippen LogP) is 5.74. The lowest BCUT2D eigenvalue weighted by atomic mass is 10.0. The van der Waals surface area contributed by atoms with Gasteiger partial charge in [-0.25, -0.2) is 31.3 Å². The number of benzene rings is 4. The van der Waals surface area contributed by atoms with Crippen molar-refractivity contribution in [1.29, 1.82) is 0 Å². The second kappa shape index (κ2) is 19.2. The molecular weight excluding hydrogens is 875 g/mol. The van der Waals surface area contributed by atoms with E-state index in [2.05, 4.69) is 25.1 Å². The van der Waals surface area contributed by atoms with Crippen LogP contribution in [0, 0.1) is 0 Å². The molecule has 7 rings (SSSR count). The van der Waals surface area contributed by atoms with E-state index in [1.165, 1.54) is 46.6 Å². The summed E-state index contributed by atoms with van der Waals surface area (Å²) in [6.45, 7) is 5.17. The molecule has 0 aliphatic carbocycles. The van der Waals surface area contributed by atoms with Gasteiger partial charge in [0.2, 0.25) is 25.9 Å². The van der Waals surface area contributed by atoms with Gasteiger partial charge >= 0.3 is 6.09 Å². The van der Waals surface area contributed by atoms with Gasteiger partial charge in [-0.1, -0.05) is 42.5 Å². The zero-order valence-electron chi connectivity index (χ0n) is 36.8. The summed E-state index contributed by atoms with van der Waals surface area (Å²) < 4.78 is 87.3. The van der Waals surface area contributed by atoms with Crippen molar-refractivity contribution in [1.82, 2.24) is 39.1 Å². The van der Waals surface area contributed by atoms with Crippen LogP contribution < -0.4 is 24.7 Å². The van der Waals surface area contributed by atoms with Crippen molar-refractivity contribution in [3.8, 4) is 39.8 Å². The number of hydrogen-bond donors (Lipinski definition) is 2. The van der Waals surface area contributed by atoms with E-state index < -0.39 is 47.6 Å². The van der Waals surface area contributed by atoms with Crippen LogP contribution in [0.15, 0.2) is 113 Å². The van der Waals surface area contributed by atoms with Gasteiger partial charge < -0.3 is 29.6 Å². The number of methoxy groups -OCH3 is 3. The fraction of sp³-hybridized carbons (Fsp3) is 0.311. The lowest BCUT2D eigenvalue weighted by molar-refractivity contribution is 0.0292. The molecule has 1 aliphatic rings. The van der Waals surface area contributed by atoms with E-state index in [0.29, 0.717) is 33.9 Å². The molecule has 1 saturated heterocycles. The number of likely N-dealkylation sites (tertiary alicyclic amines) is 1. The highest BCUT2D eigenvalue weighted by atomic mass is 32.2. The zero-order valence-corrected chi connectivity index (χ0v) is 38.5. The van der Waals surface area contributed by atoms with Gasteiger partial charge in [0.25, 0.3) is 0 Å². The number of carbonyl (C=O) groups excluding carboxylic acids is 1. The molecule has 342 valence electrons. The molecule has 3 N–H and O–H groups in total. The van der Waals surface area contributed by atoms with Gasteiger partial charge in [0, 0.05) is 44.0 Å². The number of amides is 1. The Bertz CT molecular complexity index is 2790. The molecule has 1 unspecified atom stereocenters. The quantitative estimate of drug-likeness (QED) is 0.118. The maximum atomic E-state index is 15.9. The molecule has 0 spiro atoms. The summed E-state index contributed by atoms with van der Waals surface area (Å²) >= 11 is 0. The Labute approximate surface area is 378 Å². The van der Waals surface area contributed by atoms with Crippen LogP contribution >= 0.6 is 0 Å². The lowest BCUT2D eigenvalue weighted by Crippen LogP contribution is -2.41. The first-order valence-corrected chi connectivity index (χ1v) is 23.4. The predicted molar refractivity (Wildman–Crippen MR) is 242 cm³/mol. The molecule has 0 radical (unpaired) electrons. The molecule has 0 bridgehead atoms. The highest BCUT2D eigenvalue weighted by Crippen LogP contribution is 2.41. The number of aromatic nitrogens is 5. The van der Waals surface area contributed by atoms with Crippen molar-refractivity contribution < 1.29 is 40.6 Å². The van der Waals surface area contributed by atoms with E-state index in [1.807, 2.05) is 12.1 Å². The molecule has 0 saturated carbocycles. The number of anilines is 1. The summed E-state index contributed by atoms with van der Waals surface area (Å²) in [4.78, 5) is 18.8. The number of rotatable bonds is 16. The fourth-order valence-electron chi connectivity index (χ4n) is 7.22. The highest BCUT2D eigenvalue weighted by molar-refractivity contribution is 7.92. The average molecular weight is 926 g/mol. The molecule has 1 amide bonds. The van der Waals surface area contributed by atoms with Crippen LogP contribution in [0.2, 0.25) is 0 Å². The van der Waals surface area contributed by atoms with Gasteiger partial charge in [0.05, 0.1) is 33.4 Å². The number of nitrogens with one attached hydrogen (secondary N) is 1. The Hall–Kier alpha value is -6.61. The molecule has 4 aromatic carbocycles. The average Bonchev–Trinajstić information content (AvgIpc) is 3.96. The maximum absolute atomic E-state index is 15.9. The molecule has 18 nitrogen and oxygen atoms in total. The minimum atomic E-state index is -4.90. The van der Waals surface area contributed by atoms with Crippen LogP contribution in [0.3, 0.4) is 0 Å². The minimum absolute atomic E-state index is 0.0133. The SMILES string of the molecule is COc1ccc(CN(Cc2ccc(OC)cc2)S(=O)(=O)c2c(S(=O)(=O)NC3CCN(C(=O)OC(C)(C)C)C3)ccc(-c3ccc(N)nc3)c2-c2nnn(Cc3ccc(OC)cc3)n2)cc1. The Morgan fingerprint density at radius 3 is 1.89 bits per heavy atom. The van der Waals surface area contributed by atoms with Crippen molar-refractivity contribution in [2.45, 2.75) is 68.3 Å². The smallest absolute Gasteiger partial charge is 0.410 e. The standard InChI is InChI=1S/C45H51N9O9S2/c1-45(2,3)63-44(55)52-24-23-34(29-52)50-64(56,57)39-21-20-38(33-13-22-40(46)47-25-33)41(43-48-51-54(49-43)28-32-11-18-37(62-6)19-12-32)42(39)65(58,59)53(26-30-7-14-35(60-4)15-8-30)27-31-9-16-36(61-5)17-10-31/h7-22,25,34,50H,23-24,26-29H2,1-6H3,(H2,46,47). The van der Waals surface area contributed by atoms with Crippen molar-refractivity contribution in [3.05, 3.63) is 120 Å². The third-order valence-electron chi connectivity index (χ3n) is 10.5. The summed E-state index contributed by atoms with van der Waals surface area (Å²) in [6.07, 6.45) is 1.10. The van der Waals surface area contributed by atoms with Crippen molar-refractivity contribution in [2.24, 2.45) is 0 Å². The molecular formula is C45H51N9O9S2. The van der Waals surface area contributed by atoms with E-state index in [9.17, 15) is 13.2 Å². The van der Waals surface area contributed by atoms with Crippen molar-refractivity contribution in [2.75, 3.05) is 40.2 Å². The Morgan fingerprint density at radius 1 is 0.800 bits per heavy atom. The molecule has 6 aromatic rings. The van der Waals surface area contributed by atoms with Crippen LogP contribution in [0.4, 0.5) is 10.6 Å². The Balaban J connectivity index is 1.42. The highest BCUT2D eigenvalue weighted by Gasteiger charge is 2.40. The van der Waals surface area contributed by atoms with E-state index in [-0.39, 0.29) is 61.9 Å². The van der Waals surface area contributed by atoms with Crippen LogP contribution in [-0.2, 0) is 44.4 Å². The third kappa shape index (κ3) is 11.0. The first-order chi connectivity index (χ1) is 31.0. The number of nitrogens with two attached hydrogens (primary N) is 1. The summed E-state index contributed by atoms with van der Waals surface area (Å²) in [5.41, 5.74) is 7.67. The van der Waals surface area contributed by atoms with E-state index >= 15 is 8.42 Å². The van der Waals surface area contributed by atoms with Crippen LogP contribution in [0.5, 0.6) is 17.2 Å². The fourth-order valence-corrected chi connectivity index (χ4v) is 10.9. The lowest BCUT2D eigenvalue weighted by Gasteiger charge is -2.27. The topological polar surface area (TPSA) is 223 Å². The first kappa shape index (κ1) is 46.4. The van der Waals surface area contributed by atoms with E-state index in [1.54, 1.807) is 101 Å². The Morgan fingerprint density at radius 2 is 1.37 bits per heavy atom. The minimum Gasteiger partial charge on any atom is -0.497 e. The largest absolute Gasteiger partial charge is 0.497 e. The summed E-state index contributed by atoms with van der Waals surface area (Å²) in [7, 11) is -5.01. The van der Waals surface area contributed by atoms with Gasteiger partial charge in [0.1, 0.15) is 38.5 Å². The summed E-state index contributed by atoms with van der Waals surface area (Å²) in [5, 5.41) is 13.4. The molecule has 1 aliphatic heterocycles. The number of sulfonamides is 2. The number of nitrogen functional groups attached to an aromatic ring is 1. The molecule has 1 atom stereocenters. The van der Waals surface area contributed by atoms with Crippen LogP contribution in [0.25, 0.3) is 22.5 Å². The number of carbonyl (C=O) groups is 1. The molecule has 20 heteroatoms. The van der Waals surface area contributed by atoms with E-state index in [4.69, 9.17) is 24.7 Å². The summed E-state index contributed by atoms with van der Waals surface area (Å²) in [6, 6.07) is 26.1. The van der Waals surface area contributed by atoms with Gasteiger partial charge in [-0.3, -0.25) is 0 Å². The van der Waals surface area contributed by atoms with Crippen molar-refractivity contribution >= 4 is 32.0 Å².